The van der Waals surface area contributed by atoms with Gasteiger partial charge in [-0.15, -0.1) is 0 Å². The first-order valence-electron chi connectivity index (χ1n) is 4.59. The maximum Gasteiger partial charge on any atom is 0.338 e. The molecule has 0 bridgehead atoms. The highest BCUT2D eigenvalue weighted by molar-refractivity contribution is 5.89. The zero-order chi connectivity index (χ0) is 12.1. The van der Waals surface area contributed by atoms with Crippen molar-refractivity contribution in [3.8, 4) is 11.5 Å². The molecule has 0 aliphatic heterocycles. The van der Waals surface area contributed by atoms with E-state index < -0.39 is 5.97 Å². The minimum Gasteiger partial charge on any atom is -0.496 e. The molecule has 0 radical (unpaired) electrons. The summed E-state index contributed by atoms with van der Waals surface area (Å²) < 4.78 is 9.92. The molecule has 0 aliphatic carbocycles. The third kappa shape index (κ3) is 2.70. The molecule has 0 saturated heterocycles. The van der Waals surface area contributed by atoms with Gasteiger partial charge in [-0.2, -0.15) is 0 Å². The molecule has 0 fully saturated rings. The van der Waals surface area contributed by atoms with E-state index in [9.17, 15) is 9.59 Å². The number of hydrogen-bond acceptors (Lipinski definition) is 4. The molecule has 16 heavy (non-hydrogen) atoms. The summed E-state index contributed by atoms with van der Waals surface area (Å²) >= 11 is 0. The first-order valence-corrected chi connectivity index (χ1v) is 4.59. The fourth-order valence-corrected chi connectivity index (χ4v) is 1.06. The van der Waals surface area contributed by atoms with Crippen LogP contribution in [-0.2, 0) is 4.79 Å². The average Bonchev–Trinajstić information content (AvgIpc) is 2.28. The van der Waals surface area contributed by atoms with Crippen molar-refractivity contribution in [2.45, 2.75) is 6.92 Å². The van der Waals surface area contributed by atoms with E-state index >= 15 is 0 Å². The summed E-state index contributed by atoms with van der Waals surface area (Å²) in [6.07, 6.45) is 0.636. The van der Waals surface area contributed by atoms with Crippen molar-refractivity contribution in [3.63, 3.8) is 0 Å². The van der Waals surface area contributed by atoms with Crippen molar-refractivity contribution in [1.82, 2.24) is 0 Å². The first kappa shape index (κ1) is 12.0. The van der Waals surface area contributed by atoms with Crippen LogP contribution in [-0.4, -0.2) is 19.4 Å². The number of carbonyl (C=O) groups excluding carboxylic acids is 2. The van der Waals surface area contributed by atoms with Crippen LogP contribution in [0.3, 0.4) is 0 Å². The Morgan fingerprint density at radius 3 is 2.62 bits per heavy atom. The Bertz CT molecular complexity index is 435. The molecule has 0 atom stereocenters. The van der Waals surface area contributed by atoms with Crippen molar-refractivity contribution < 1.29 is 19.1 Å². The highest BCUT2D eigenvalue weighted by Crippen LogP contribution is 2.22. The highest BCUT2D eigenvalue weighted by Gasteiger charge is 2.08. The molecule has 0 heterocycles. The highest BCUT2D eigenvalue weighted by atomic mass is 16.5. The zero-order valence-electron chi connectivity index (χ0n) is 9.15. The van der Waals surface area contributed by atoms with Crippen LogP contribution >= 0.6 is 0 Å². The molecule has 0 unspecified atom stereocenters. The van der Waals surface area contributed by atoms with Gasteiger partial charge >= 0.3 is 5.97 Å². The molecular formula is C12H12O4. The lowest BCUT2D eigenvalue weighted by Gasteiger charge is -2.07. The standard InChI is InChI=1S/C12H12O4/c1-8(2)12(14)16-10-4-5-11(15-3)9(6-10)7-13/h4-7H,1H2,2-3H3. The minimum absolute atomic E-state index is 0.288. The lowest BCUT2D eigenvalue weighted by Crippen LogP contribution is -2.08. The summed E-state index contributed by atoms with van der Waals surface area (Å²) in [6.45, 7) is 5.01. The number of esters is 1. The molecule has 1 rings (SSSR count). The van der Waals surface area contributed by atoms with Gasteiger partial charge in [-0.25, -0.2) is 4.79 Å². The first-order chi connectivity index (χ1) is 7.58. The van der Waals surface area contributed by atoms with Gasteiger partial charge in [-0.1, -0.05) is 6.58 Å². The molecule has 0 amide bonds. The van der Waals surface area contributed by atoms with E-state index in [1.165, 1.54) is 13.2 Å². The average molecular weight is 220 g/mol. The van der Waals surface area contributed by atoms with Crippen LogP contribution in [0.5, 0.6) is 11.5 Å². The molecule has 0 saturated carbocycles. The molecule has 1 aromatic rings. The number of benzene rings is 1. The lowest BCUT2D eigenvalue weighted by atomic mass is 10.2. The van der Waals surface area contributed by atoms with Gasteiger partial charge < -0.3 is 9.47 Å². The fraction of sp³-hybridized carbons (Fsp3) is 0.167. The van der Waals surface area contributed by atoms with Crippen molar-refractivity contribution in [2.24, 2.45) is 0 Å². The van der Waals surface area contributed by atoms with Gasteiger partial charge in [0.25, 0.3) is 0 Å². The predicted octanol–water partition coefficient (Wildman–Crippen LogP) is 1.99. The maximum atomic E-state index is 11.2. The Balaban J connectivity index is 2.95. The number of methoxy groups -OCH3 is 1. The van der Waals surface area contributed by atoms with Crippen LogP contribution in [0.2, 0.25) is 0 Å². The van der Waals surface area contributed by atoms with E-state index in [0.29, 0.717) is 23.2 Å². The van der Waals surface area contributed by atoms with Crippen molar-refractivity contribution in [1.29, 1.82) is 0 Å². The summed E-state index contributed by atoms with van der Waals surface area (Å²) in [4.78, 5) is 21.9. The number of ether oxygens (including phenoxy) is 2. The van der Waals surface area contributed by atoms with Gasteiger partial charge in [0.2, 0.25) is 0 Å². The van der Waals surface area contributed by atoms with Gasteiger partial charge in [0, 0.05) is 5.57 Å². The van der Waals surface area contributed by atoms with E-state index in [4.69, 9.17) is 9.47 Å². The van der Waals surface area contributed by atoms with Crippen molar-refractivity contribution in [3.05, 3.63) is 35.9 Å². The Kier molecular flexibility index (Phi) is 3.83. The molecular weight excluding hydrogens is 208 g/mol. The van der Waals surface area contributed by atoms with Gasteiger partial charge in [0.1, 0.15) is 11.5 Å². The van der Waals surface area contributed by atoms with E-state index in [0.717, 1.165) is 0 Å². The van der Waals surface area contributed by atoms with Crippen LogP contribution < -0.4 is 9.47 Å². The van der Waals surface area contributed by atoms with Crippen LogP contribution in [0.25, 0.3) is 0 Å². The molecule has 84 valence electrons. The molecule has 0 N–H and O–H groups in total. The number of carbonyl (C=O) groups is 2. The van der Waals surface area contributed by atoms with Crippen molar-refractivity contribution in [2.75, 3.05) is 7.11 Å². The Morgan fingerprint density at radius 2 is 2.12 bits per heavy atom. The van der Waals surface area contributed by atoms with Gasteiger partial charge in [0.15, 0.2) is 6.29 Å². The van der Waals surface area contributed by atoms with E-state index in [2.05, 4.69) is 6.58 Å². The Hall–Kier alpha value is -2.10. The predicted molar refractivity (Wildman–Crippen MR) is 58.8 cm³/mol. The Labute approximate surface area is 93.5 Å². The summed E-state index contributed by atoms with van der Waals surface area (Å²) in [5, 5.41) is 0. The van der Waals surface area contributed by atoms with E-state index in [1.54, 1.807) is 19.1 Å². The molecule has 4 nitrogen and oxygen atoms in total. The normalized spacial score (nSPS) is 9.38. The number of hydrogen-bond donors (Lipinski definition) is 0. The monoisotopic (exact) mass is 220 g/mol. The summed E-state index contributed by atoms with van der Waals surface area (Å²) in [6, 6.07) is 4.55. The topological polar surface area (TPSA) is 52.6 Å². The smallest absolute Gasteiger partial charge is 0.338 e. The summed E-state index contributed by atoms with van der Waals surface area (Å²) in [5.41, 5.74) is 0.623. The third-order valence-electron chi connectivity index (χ3n) is 1.89. The van der Waals surface area contributed by atoms with Gasteiger partial charge in [-0.05, 0) is 25.1 Å². The molecule has 0 spiro atoms. The SMILES string of the molecule is C=C(C)C(=O)Oc1ccc(OC)c(C=O)c1. The quantitative estimate of drug-likeness (QED) is 0.337. The van der Waals surface area contributed by atoms with Crippen molar-refractivity contribution >= 4 is 12.3 Å². The number of rotatable bonds is 4. The molecule has 1 aromatic carbocycles. The lowest BCUT2D eigenvalue weighted by molar-refractivity contribution is -0.130. The Morgan fingerprint density at radius 1 is 1.44 bits per heavy atom. The minimum atomic E-state index is -0.526. The maximum absolute atomic E-state index is 11.2. The van der Waals surface area contributed by atoms with E-state index in [-0.39, 0.29) is 5.75 Å². The second kappa shape index (κ2) is 5.11. The van der Waals surface area contributed by atoms with Crippen LogP contribution in [0.4, 0.5) is 0 Å². The van der Waals surface area contributed by atoms with Crippen LogP contribution in [0.1, 0.15) is 17.3 Å². The second-order valence-corrected chi connectivity index (χ2v) is 3.19. The fourth-order valence-electron chi connectivity index (χ4n) is 1.06. The zero-order valence-corrected chi connectivity index (χ0v) is 9.15. The van der Waals surface area contributed by atoms with E-state index in [1.807, 2.05) is 0 Å². The molecule has 0 aromatic heterocycles. The van der Waals surface area contributed by atoms with Gasteiger partial charge in [-0.3, -0.25) is 4.79 Å². The van der Waals surface area contributed by atoms with Crippen LogP contribution in [0.15, 0.2) is 30.4 Å². The summed E-state index contributed by atoms with van der Waals surface area (Å²) in [5.74, 6) is 0.197. The number of aldehydes is 1. The third-order valence-corrected chi connectivity index (χ3v) is 1.89. The molecule has 0 aliphatic rings. The molecule has 4 heteroatoms. The van der Waals surface area contributed by atoms with Gasteiger partial charge in [0.05, 0.1) is 12.7 Å². The summed E-state index contributed by atoms with van der Waals surface area (Å²) in [7, 11) is 1.46. The largest absolute Gasteiger partial charge is 0.496 e. The second-order valence-electron chi connectivity index (χ2n) is 3.19. The van der Waals surface area contributed by atoms with Crippen LogP contribution in [0, 0.1) is 0 Å².